The quantitative estimate of drug-likeness (QED) is 0.640. The van der Waals surface area contributed by atoms with Crippen LogP contribution >= 0.6 is 27.3 Å². The van der Waals surface area contributed by atoms with Crippen LogP contribution in [0.3, 0.4) is 0 Å². The van der Waals surface area contributed by atoms with Crippen LogP contribution in [0.15, 0.2) is 56.4 Å². The Hall–Kier alpha value is -1.46. The van der Waals surface area contributed by atoms with Crippen LogP contribution in [0.5, 0.6) is 0 Å². The van der Waals surface area contributed by atoms with Gasteiger partial charge in [-0.1, -0.05) is 46.3 Å². The van der Waals surface area contributed by atoms with Crippen LogP contribution in [0.4, 0.5) is 0 Å². The number of nitrogens with zero attached hydrogens (tertiary/aromatic N) is 3. The van der Waals surface area contributed by atoms with Gasteiger partial charge in [-0.3, -0.25) is 4.99 Å². The summed E-state index contributed by atoms with van der Waals surface area (Å²) in [5.41, 5.74) is 4.56. The highest BCUT2D eigenvalue weighted by Crippen LogP contribution is 2.28. The number of aromatic nitrogens is 1. The molecule has 1 aliphatic rings. The van der Waals surface area contributed by atoms with Gasteiger partial charge in [-0.2, -0.15) is 5.10 Å². The maximum Gasteiger partial charge on any atom is 0.206 e. The molecule has 1 heterocycles. The van der Waals surface area contributed by atoms with E-state index in [9.17, 15) is 0 Å². The maximum absolute atomic E-state index is 4.91. The molecule has 0 atom stereocenters. The van der Waals surface area contributed by atoms with Gasteiger partial charge in [-0.15, -0.1) is 11.3 Å². The smallest absolute Gasteiger partial charge is 0.206 e. The molecule has 3 rings (SSSR count). The zero-order valence-electron chi connectivity index (χ0n) is 13.3. The zero-order chi connectivity index (χ0) is 16.2. The average Bonchev–Trinajstić information content (AvgIpc) is 3.16. The van der Waals surface area contributed by atoms with Gasteiger partial charge >= 0.3 is 0 Å². The lowest BCUT2D eigenvalue weighted by atomic mass is 10.2. The van der Waals surface area contributed by atoms with Crippen molar-refractivity contribution in [1.82, 2.24) is 4.68 Å². The van der Waals surface area contributed by atoms with Gasteiger partial charge in [-0.05, 0) is 38.7 Å². The predicted molar refractivity (Wildman–Crippen MR) is 102 cm³/mol. The largest absolute Gasteiger partial charge is 0.253 e. The van der Waals surface area contributed by atoms with Crippen LogP contribution in [-0.2, 0) is 0 Å². The monoisotopic (exact) mass is 389 g/mol. The first-order valence-corrected chi connectivity index (χ1v) is 9.49. The molecule has 0 bridgehead atoms. The highest BCUT2D eigenvalue weighted by Gasteiger charge is 2.13. The minimum absolute atomic E-state index is 0.640. The van der Waals surface area contributed by atoms with Gasteiger partial charge in [0.15, 0.2) is 0 Å². The molecular formula is C18H20BrN3S. The average molecular weight is 390 g/mol. The molecule has 0 amide bonds. The molecule has 23 heavy (non-hydrogen) atoms. The highest BCUT2D eigenvalue weighted by atomic mass is 79.9. The summed E-state index contributed by atoms with van der Waals surface area (Å²) in [5, 5.41) is 7.05. The van der Waals surface area contributed by atoms with Crippen molar-refractivity contribution in [1.29, 1.82) is 0 Å². The van der Waals surface area contributed by atoms with Gasteiger partial charge in [0.25, 0.3) is 0 Å². The van der Waals surface area contributed by atoms with Crippen molar-refractivity contribution < 1.29 is 0 Å². The lowest BCUT2D eigenvalue weighted by molar-refractivity contribution is 0.824. The summed E-state index contributed by atoms with van der Waals surface area (Å²) in [6.45, 7) is 6.58. The van der Waals surface area contributed by atoms with Crippen molar-refractivity contribution in [2.24, 2.45) is 10.1 Å². The van der Waals surface area contributed by atoms with Gasteiger partial charge in [0, 0.05) is 21.1 Å². The molecule has 5 heteroatoms. The molecule has 1 aliphatic carbocycles. The standard InChI is InChI=1S/C18H20BrN3S/c1-13(2)11-20-18-22(21-14-7-3-4-8-14)17(12-23-18)15-9-5-6-10-16(15)19/h5-6,9-10,12H,1,3-4,7-8,11H2,2H3. The summed E-state index contributed by atoms with van der Waals surface area (Å²) < 4.78 is 3.08. The summed E-state index contributed by atoms with van der Waals surface area (Å²) in [5.74, 6) is 0. The number of hydrogen-bond donors (Lipinski definition) is 0. The molecule has 1 fully saturated rings. The van der Waals surface area contributed by atoms with E-state index in [0.717, 1.165) is 38.9 Å². The van der Waals surface area contributed by atoms with Crippen molar-refractivity contribution in [3.05, 3.63) is 51.1 Å². The second-order valence-corrected chi connectivity index (χ2v) is 7.53. The Morgan fingerprint density at radius 1 is 1.30 bits per heavy atom. The van der Waals surface area contributed by atoms with E-state index in [1.165, 1.54) is 18.6 Å². The first kappa shape index (κ1) is 16.4. The van der Waals surface area contributed by atoms with Crippen molar-refractivity contribution in [2.45, 2.75) is 32.6 Å². The zero-order valence-corrected chi connectivity index (χ0v) is 15.7. The SMILES string of the molecule is C=C(C)CN=c1scc(-c2ccccc2Br)n1N=C1CCCC1. The van der Waals surface area contributed by atoms with Crippen LogP contribution in [0.1, 0.15) is 32.6 Å². The number of hydrogen-bond acceptors (Lipinski definition) is 3. The van der Waals surface area contributed by atoms with Crippen LogP contribution in [0, 0.1) is 0 Å². The molecule has 0 aliphatic heterocycles. The first-order valence-electron chi connectivity index (χ1n) is 7.82. The normalized spacial score (nSPS) is 15.2. The van der Waals surface area contributed by atoms with E-state index < -0.39 is 0 Å². The Kier molecular flexibility index (Phi) is 5.28. The summed E-state index contributed by atoms with van der Waals surface area (Å²) >= 11 is 5.28. The molecule has 0 unspecified atom stereocenters. The Labute approximate surface area is 149 Å². The Morgan fingerprint density at radius 3 is 2.74 bits per heavy atom. The van der Waals surface area contributed by atoms with E-state index in [4.69, 9.17) is 5.10 Å². The third-order valence-electron chi connectivity index (χ3n) is 3.74. The van der Waals surface area contributed by atoms with Gasteiger partial charge in [0.05, 0.1) is 12.2 Å². The molecule has 1 saturated carbocycles. The second-order valence-electron chi connectivity index (χ2n) is 5.84. The third kappa shape index (κ3) is 3.90. The van der Waals surface area contributed by atoms with Crippen LogP contribution < -0.4 is 4.80 Å². The molecule has 0 spiro atoms. The predicted octanol–water partition coefficient (Wildman–Crippen LogP) is 5.23. The first-order chi connectivity index (χ1) is 11.1. The molecule has 1 aromatic heterocycles. The molecule has 0 N–H and O–H groups in total. The molecular weight excluding hydrogens is 370 g/mol. The Balaban J connectivity index is 2.13. The fraction of sp³-hybridized carbons (Fsp3) is 0.333. The lowest BCUT2D eigenvalue weighted by Crippen LogP contribution is -2.14. The third-order valence-corrected chi connectivity index (χ3v) is 5.29. The molecule has 1 aromatic carbocycles. The minimum atomic E-state index is 0.640. The van der Waals surface area contributed by atoms with Gasteiger partial charge in [0.1, 0.15) is 0 Å². The second kappa shape index (κ2) is 7.41. The molecule has 2 aromatic rings. The van der Waals surface area contributed by atoms with Gasteiger partial charge < -0.3 is 0 Å². The minimum Gasteiger partial charge on any atom is -0.253 e. The van der Waals surface area contributed by atoms with E-state index in [1.807, 2.05) is 17.7 Å². The van der Waals surface area contributed by atoms with Crippen LogP contribution in [-0.4, -0.2) is 16.9 Å². The topological polar surface area (TPSA) is 29.6 Å². The molecule has 3 nitrogen and oxygen atoms in total. The van der Waals surface area contributed by atoms with E-state index in [1.54, 1.807) is 11.3 Å². The molecule has 0 saturated heterocycles. The Bertz CT molecular complexity index is 806. The van der Waals surface area contributed by atoms with Crippen molar-refractivity contribution in [3.8, 4) is 11.3 Å². The van der Waals surface area contributed by atoms with Crippen molar-refractivity contribution >= 4 is 33.0 Å². The molecule has 120 valence electrons. The van der Waals surface area contributed by atoms with Gasteiger partial charge in [-0.25, -0.2) is 4.68 Å². The summed E-state index contributed by atoms with van der Waals surface area (Å²) in [4.78, 5) is 5.61. The number of halogens is 1. The summed E-state index contributed by atoms with van der Waals surface area (Å²) in [6.07, 6.45) is 4.68. The van der Waals surface area contributed by atoms with E-state index in [0.29, 0.717) is 6.54 Å². The van der Waals surface area contributed by atoms with Crippen LogP contribution in [0.25, 0.3) is 11.3 Å². The highest BCUT2D eigenvalue weighted by molar-refractivity contribution is 9.10. The summed E-state index contributed by atoms with van der Waals surface area (Å²) in [7, 11) is 0. The van der Waals surface area contributed by atoms with E-state index in [2.05, 4.69) is 51.1 Å². The van der Waals surface area contributed by atoms with Crippen LogP contribution in [0.2, 0.25) is 0 Å². The van der Waals surface area contributed by atoms with Crippen molar-refractivity contribution in [2.75, 3.05) is 6.54 Å². The number of rotatable bonds is 4. The number of benzene rings is 1. The summed E-state index contributed by atoms with van der Waals surface area (Å²) in [6, 6.07) is 8.25. The Morgan fingerprint density at radius 2 is 2.04 bits per heavy atom. The van der Waals surface area contributed by atoms with Gasteiger partial charge in [0.2, 0.25) is 4.80 Å². The number of thiazole rings is 1. The lowest BCUT2D eigenvalue weighted by Gasteiger charge is -2.07. The maximum atomic E-state index is 4.91. The van der Waals surface area contributed by atoms with Crippen molar-refractivity contribution in [3.63, 3.8) is 0 Å². The van der Waals surface area contributed by atoms with E-state index in [-0.39, 0.29) is 0 Å². The fourth-order valence-electron chi connectivity index (χ4n) is 2.59. The fourth-order valence-corrected chi connectivity index (χ4v) is 3.90. The van der Waals surface area contributed by atoms with E-state index >= 15 is 0 Å². The molecule has 0 radical (unpaired) electrons.